The van der Waals surface area contributed by atoms with Gasteiger partial charge in [0, 0.05) is 29.1 Å². The Labute approximate surface area is 189 Å². The highest BCUT2D eigenvalue weighted by Crippen LogP contribution is 2.33. The van der Waals surface area contributed by atoms with Gasteiger partial charge in [-0.1, -0.05) is 30.3 Å². The van der Waals surface area contributed by atoms with Crippen molar-refractivity contribution >= 4 is 27.7 Å². The molecule has 1 N–H and O–H groups in total. The van der Waals surface area contributed by atoms with Gasteiger partial charge < -0.3 is 10.1 Å². The van der Waals surface area contributed by atoms with Crippen LogP contribution in [-0.4, -0.2) is 27.8 Å². The monoisotopic (exact) mass is 440 g/mol. The fourth-order valence-corrected chi connectivity index (χ4v) is 3.88. The van der Waals surface area contributed by atoms with E-state index in [4.69, 9.17) is 9.84 Å². The minimum atomic E-state index is -0.323. The highest BCUT2D eigenvalue weighted by atomic mass is 19.1. The summed E-state index contributed by atoms with van der Waals surface area (Å²) in [7, 11) is 1.60. The van der Waals surface area contributed by atoms with E-state index in [0.717, 1.165) is 32.9 Å². The summed E-state index contributed by atoms with van der Waals surface area (Å²) in [5, 5.41) is 9.29. The van der Waals surface area contributed by atoms with Gasteiger partial charge in [0.05, 0.1) is 18.1 Å². The van der Waals surface area contributed by atoms with Crippen molar-refractivity contribution in [2.45, 2.75) is 13.1 Å². The van der Waals surface area contributed by atoms with Crippen molar-refractivity contribution in [1.29, 1.82) is 0 Å². The third kappa shape index (κ3) is 4.13. The number of aromatic nitrogens is 3. The van der Waals surface area contributed by atoms with Gasteiger partial charge >= 0.3 is 0 Å². The number of nitrogens with one attached hydrogen (secondary N) is 1. The first-order chi connectivity index (χ1) is 16.1. The van der Waals surface area contributed by atoms with Gasteiger partial charge in [0.1, 0.15) is 23.8 Å². The summed E-state index contributed by atoms with van der Waals surface area (Å²) < 4.78 is 20.6. The number of carbonyl (C=O) groups excluding carboxylic acids is 1. The standard InChI is InChI=1S/C26H21FN4O2/c1-33-20-11-12-23-21(13-20)26-22(15-28-23)25(18-7-9-19(27)10-8-18)30-31(26)16-24(32)29-14-17-5-3-2-4-6-17/h2-13,15H,14,16H2,1H3,(H,29,32). The average molecular weight is 440 g/mol. The highest BCUT2D eigenvalue weighted by Gasteiger charge is 2.18. The molecule has 0 aliphatic rings. The quantitative estimate of drug-likeness (QED) is 0.415. The lowest BCUT2D eigenvalue weighted by molar-refractivity contribution is -0.121. The van der Waals surface area contributed by atoms with Gasteiger partial charge in [-0.05, 0) is 48.0 Å². The summed E-state index contributed by atoms with van der Waals surface area (Å²) in [6.45, 7) is 0.459. The molecular weight excluding hydrogens is 419 g/mol. The van der Waals surface area contributed by atoms with E-state index < -0.39 is 0 Å². The molecule has 0 unspecified atom stereocenters. The molecule has 164 valence electrons. The first-order valence-electron chi connectivity index (χ1n) is 10.5. The number of pyridine rings is 1. The topological polar surface area (TPSA) is 69.0 Å². The maximum absolute atomic E-state index is 13.5. The van der Waals surface area contributed by atoms with Crippen molar-refractivity contribution in [3.8, 4) is 17.0 Å². The number of fused-ring (bicyclic) bond motifs is 3. The Morgan fingerprint density at radius 1 is 1.03 bits per heavy atom. The van der Waals surface area contributed by atoms with E-state index in [1.807, 2.05) is 48.5 Å². The number of rotatable bonds is 6. The molecule has 0 fully saturated rings. The van der Waals surface area contributed by atoms with E-state index in [9.17, 15) is 9.18 Å². The highest BCUT2D eigenvalue weighted by molar-refractivity contribution is 6.08. The Hall–Kier alpha value is -4.26. The molecule has 2 aromatic heterocycles. The zero-order chi connectivity index (χ0) is 22.8. The zero-order valence-electron chi connectivity index (χ0n) is 18.0. The number of carbonyl (C=O) groups is 1. The summed E-state index contributed by atoms with van der Waals surface area (Å²) in [5.74, 6) is 0.194. The van der Waals surface area contributed by atoms with Crippen LogP contribution >= 0.6 is 0 Å². The minimum Gasteiger partial charge on any atom is -0.497 e. The maximum Gasteiger partial charge on any atom is 0.242 e. The molecule has 0 saturated heterocycles. The van der Waals surface area contributed by atoms with Gasteiger partial charge in [-0.3, -0.25) is 14.5 Å². The Morgan fingerprint density at radius 3 is 2.58 bits per heavy atom. The number of ether oxygens (including phenoxy) is 1. The van der Waals surface area contributed by atoms with Crippen LogP contribution in [0.15, 0.2) is 79.0 Å². The number of halogens is 1. The van der Waals surface area contributed by atoms with E-state index in [1.165, 1.54) is 12.1 Å². The second-order valence-corrected chi connectivity index (χ2v) is 7.68. The lowest BCUT2D eigenvalue weighted by Crippen LogP contribution is -2.27. The smallest absolute Gasteiger partial charge is 0.242 e. The summed E-state index contributed by atoms with van der Waals surface area (Å²) >= 11 is 0. The van der Waals surface area contributed by atoms with Crippen LogP contribution in [0.3, 0.4) is 0 Å². The Balaban J connectivity index is 1.59. The number of benzene rings is 3. The zero-order valence-corrected chi connectivity index (χ0v) is 18.0. The summed E-state index contributed by atoms with van der Waals surface area (Å²) in [6, 6.07) is 21.5. The van der Waals surface area contributed by atoms with E-state index in [0.29, 0.717) is 18.0 Å². The first kappa shape index (κ1) is 20.6. The van der Waals surface area contributed by atoms with Crippen molar-refractivity contribution in [2.75, 3.05) is 7.11 Å². The normalized spacial score (nSPS) is 11.1. The first-order valence-corrected chi connectivity index (χ1v) is 10.5. The number of hydrogen-bond donors (Lipinski definition) is 1. The molecule has 3 aromatic carbocycles. The summed E-state index contributed by atoms with van der Waals surface area (Å²) in [4.78, 5) is 17.4. The third-order valence-corrected chi connectivity index (χ3v) is 5.52. The molecule has 0 aliphatic heterocycles. The molecule has 0 atom stereocenters. The Morgan fingerprint density at radius 2 is 1.82 bits per heavy atom. The number of methoxy groups -OCH3 is 1. The second-order valence-electron chi connectivity index (χ2n) is 7.68. The SMILES string of the molecule is COc1ccc2ncc3c(-c4ccc(F)cc4)nn(CC(=O)NCc4ccccc4)c3c2c1. The van der Waals surface area contributed by atoms with Gasteiger partial charge in [0.25, 0.3) is 0 Å². The molecule has 7 heteroatoms. The van der Waals surface area contributed by atoms with Gasteiger partial charge in [-0.15, -0.1) is 0 Å². The Kier molecular flexibility index (Phi) is 5.44. The predicted octanol–water partition coefficient (Wildman–Crippen LogP) is 4.72. The molecular formula is C26H21FN4O2. The molecule has 0 saturated carbocycles. The van der Waals surface area contributed by atoms with Crippen LogP contribution in [0, 0.1) is 5.82 Å². The molecule has 1 amide bonds. The molecule has 33 heavy (non-hydrogen) atoms. The van der Waals surface area contributed by atoms with Gasteiger partial charge in [0.15, 0.2) is 0 Å². The van der Waals surface area contributed by atoms with Crippen LogP contribution in [0.1, 0.15) is 5.56 Å². The molecule has 5 rings (SSSR count). The number of amides is 1. The third-order valence-electron chi connectivity index (χ3n) is 5.52. The number of nitrogens with zero attached hydrogens (tertiary/aromatic N) is 3. The summed E-state index contributed by atoms with van der Waals surface area (Å²) in [5.41, 5.74) is 3.93. The van der Waals surface area contributed by atoms with Crippen LogP contribution in [0.5, 0.6) is 5.75 Å². The van der Waals surface area contributed by atoms with Crippen molar-refractivity contribution in [1.82, 2.24) is 20.1 Å². The molecule has 6 nitrogen and oxygen atoms in total. The molecule has 0 aliphatic carbocycles. The predicted molar refractivity (Wildman–Crippen MR) is 125 cm³/mol. The van der Waals surface area contributed by atoms with Crippen molar-refractivity contribution in [3.63, 3.8) is 0 Å². The van der Waals surface area contributed by atoms with Crippen molar-refractivity contribution in [2.24, 2.45) is 0 Å². The molecule has 5 aromatic rings. The minimum absolute atomic E-state index is 0.0286. The van der Waals surface area contributed by atoms with Crippen LogP contribution < -0.4 is 10.1 Å². The van der Waals surface area contributed by atoms with E-state index in [-0.39, 0.29) is 18.3 Å². The largest absolute Gasteiger partial charge is 0.497 e. The molecule has 0 bridgehead atoms. The van der Waals surface area contributed by atoms with Crippen molar-refractivity contribution < 1.29 is 13.9 Å². The van der Waals surface area contributed by atoms with Crippen LogP contribution in [0.4, 0.5) is 4.39 Å². The van der Waals surface area contributed by atoms with Crippen LogP contribution in [-0.2, 0) is 17.9 Å². The van der Waals surface area contributed by atoms with Gasteiger partial charge in [0.2, 0.25) is 5.91 Å². The average Bonchev–Trinajstić information content (AvgIpc) is 3.22. The van der Waals surface area contributed by atoms with Crippen LogP contribution in [0.25, 0.3) is 33.1 Å². The molecule has 0 radical (unpaired) electrons. The van der Waals surface area contributed by atoms with E-state index in [2.05, 4.69) is 10.3 Å². The lowest BCUT2D eigenvalue weighted by atomic mass is 10.1. The fourth-order valence-electron chi connectivity index (χ4n) is 3.88. The molecule has 2 heterocycles. The molecule has 0 spiro atoms. The van der Waals surface area contributed by atoms with E-state index >= 15 is 0 Å². The number of hydrogen-bond acceptors (Lipinski definition) is 4. The fraction of sp³-hybridized carbons (Fsp3) is 0.115. The lowest BCUT2D eigenvalue weighted by Gasteiger charge is -2.08. The van der Waals surface area contributed by atoms with Gasteiger partial charge in [-0.2, -0.15) is 5.10 Å². The van der Waals surface area contributed by atoms with Crippen molar-refractivity contribution in [3.05, 3.63) is 90.4 Å². The van der Waals surface area contributed by atoms with Crippen LogP contribution in [0.2, 0.25) is 0 Å². The Bertz CT molecular complexity index is 1450. The van der Waals surface area contributed by atoms with E-state index in [1.54, 1.807) is 30.1 Å². The maximum atomic E-state index is 13.5. The summed E-state index contributed by atoms with van der Waals surface area (Å²) in [6.07, 6.45) is 1.74. The van der Waals surface area contributed by atoms with Gasteiger partial charge in [-0.25, -0.2) is 4.39 Å². The second kappa shape index (κ2) is 8.70.